The summed E-state index contributed by atoms with van der Waals surface area (Å²) < 4.78 is 16.5. The van der Waals surface area contributed by atoms with Crippen LogP contribution in [0, 0.1) is 5.82 Å². The van der Waals surface area contributed by atoms with Crippen molar-refractivity contribution in [3.63, 3.8) is 0 Å². The molecule has 0 atom stereocenters. The summed E-state index contributed by atoms with van der Waals surface area (Å²) in [5.74, 6) is 1.40. The number of aromatic nitrogens is 2. The van der Waals surface area contributed by atoms with E-state index in [0.29, 0.717) is 17.5 Å². The molecule has 4 heteroatoms. The van der Waals surface area contributed by atoms with Gasteiger partial charge in [-0.2, -0.15) is 0 Å². The van der Waals surface area contributed by atoms with E-state index < -0.39 is 0 Å². The fraction of sp³-hybridized carbons (Fsp3) is 0.643. The lowest BCUT2D eigenvalue weighted by molar-refractivity contribution is 0.566. The minimum atomic E-state index is -0.119. The molecule has 0 spiro atoms. The average molecular weight is 268 g/mol. The average Bonchev–Trinajstić information content (AvgIpc) is 2.75. The molecule has 0 unspecified atom stereocenters. The lowest BCUT2D eigenvalue weighted by Gasteiger charge is -2.14. The van der Waals surface area contributed by atoms with Crippen LogP contribution in [0.15, 0.2) is 0 Å². The van der Waals surface area contributed by atoms with Gasteiger partial charge in [0.15, 0.2) is 5.82 Å². The molecule has 0 saturated heterocycles. The summed E-state index contributed by atoms with van der Waals surface area (Å²) >= 11 is 1.55. The van der Waals surface area contributed by atoms with Gasteiger partial charge in [0.2, 0.25) is 0 Å². The molecule has 0 radical (unpaired) electrons. The molecule has 0 saturated carbocycles. The third-order valence-corrected chi connectivity index (χ3v) is 4.54. The number of halogens is 1. The van der Waals surface area contributed by atoms with Crippen molar-refractivity contribution in [2.75, 3.05) is 0 Å². The van der Waals surface area contributed by atoms with Crippen LogP contribution in [0.3, 0.4) is 0 Å². The highest BCUT2D eigenvalue weighted by atomic mass is 32.1. The number of fused-ring (bicyclic) bond motifs is 1. The van der Waals surface area contributed by atoms with E-state index in [0.717, 1.165) is 15.5 Å². The van der Waals surface area contributed by atoms with Gasteiger partial charge < -0.3 is 4.57 Å². The predicted molar refractivity (Wildman–Crippen MR) is 76.1 cm³/mol. The van der Waals surface area contributed by atoms with E-state index in [1.807, 2.05) is 13.8 Å². The number of hydrogen-bond donors (Lipinski definition) is 0. The first-order chi connectivity index (χ1) is 8.34. The molecular weight excluding hydrogens is 247 g/mol. The summed E-state index contributed by atoms with van der Waals surface area (Å²) in [6.07, 6.45) is 0. The molecule has 2 heterocycles. The van der Waals surface area contributed by atoms with Gasteiger partial charge in [-0.05, 0) is 19.8 Å². The van der Waals surface area contributed by atoms with Gasteiger partial charge >= 0.3 is 0 Å². The van der Waals surface area contributed by atoms with E-state index in [-0.39, 0.29) is 11.7 Å². The monoisotopic (exact) mass is 268 g/mol. The molecule has 100 valence electrons. The predicted octanol–water partition coefficient (Wildman–Crippen LogP) is 5.06. The summed E-state index contributed by atoms with van der Waals surface area (Å²) in [6.45, 7) is 12.5. The molecule has 18 heavy (non-hydrogen) atoms. The molecule has 0 aliphatic carbocycles. The summed E-state index contributed by atoms with van der Waals surface area (Å²) in [5, 5.41) is 0. The zero-order valence-electron chi connectivity index (χ0n) is 11.9. The Morgan fingerprint density at radius 2 is 1.67 bits per heavy atom. The largest absolute Gasteiger partial charge is 0.317 e. The Bertz CT molecular complexity index is 564. The summed E-state index contributed by atoms with van der Waals surface area (Å²) in [7, 11) is 0. The first-order valence-corrected chi connectivity index (χ1v) is 7.36. The minimum absolute atomic E-state index is 0.119. The lowest BCUT2D eigenvalue weighted by Crippen LogP contribution is -2.07. The number of imidazole rings is 1. The first kappa shape index (κ1) is 13.5. The fourth-order valence-electron chi connectivity index (χ4n) is 2.22. The second kappa shape index (κ2) is 4.65. The molecular formula is C14H21FN2S. The molecule has 0 aromatic carbocycles. The highest BCUT2D eigenvalue weighted by Gasteiger charge is 2.24. The SMILES string of the molecule is CC(C)c1sc2c(nc(C(C)C)n2C(C)C)c1F. The molecule has 2 aromatic rings. The van der Waals surface area contributed by atoms with Crippen LogP contribution < -0.4 is 0 Å². The summed E-state index contributed by atoms with van der Waals surface area (Å²) in [4.78, 5) is 6.33. The highest BCUT2D eigenvalue weighted by Crippen LogP contribution is 2.37. The second-order valence-electron chi connectivity index (χ2n) is 5.68. The number of nitrogens with zero attached hydrogens (tertiary/aromatic N) is 2. The van der Waals surface area contributed by atoms with E-state index in [2.05, 4.69) is 37.2 Å². The maximum Gasteiger partial charge on any atom is 0.165 e. The summed E-state index contributed by atoms with van der Waals surface area (Å²) in [5.41, 5.74) is 0.557. The quantitative estimate of drug-likeness (QED) is 0.760. The van der Waals surface area contributed by atoms with E-state index in [1.54, 1.807) is 11.3 Å². The van der Waals surface area contributed by atoms with Crippen molar-refractivity contribution in [2.45, 2.75) is 59.4 Å². The smallest absolute Gasteiger partial charge is 0.165 e. The molecule has 0 aliphatic rings. The van der Waals surface area contributed by atoms with Crippen molar-refractivity contribution in [3.8, 4) is 0 Å². The third-order valence-electron chi connectivity index (χ3n) is 3.08. The van der Waals surface area contributed by atoms with E-state index >= 15 is 0 Å². The van der Waals surface area contributed by atoms with Crippen LogP contribution in [-0.4, -0.2) is 9.55 Å². The highest BCUT2D eigenvalue weighted by molar-refractivity contribution is 7.18. The number of thiophene rings is 1. The van der Waals surface area contributed by atoms with Gasteiger partial charge in [-0.1, -0.05) is 27.7 Å². The Morgan fingerprint density at radius 1 is 1.06 bits per heavy atom. The van der Waals surface area contributed by atoms with Crippen LogP contribution in [0.1, 0.15) is 70.1 Å². The van der Waals surface area contributed by atoms with Crippen molar-refractivity contribution >= 4 is 21.7 Å². The Morgan fingerprint density at radius 3 is 2.11 bits per heavy atom. The van der Waals surface area contributed by atoms with E-state index in [1.165, 1.54) is 0 Å². The van der Waals surface area contributed by atoms with Gasteiger partial charge in [0.25, 0.3) is 0 Å². The van der Waals surface area contributed by atoms with Crippen LogP contribution in [0.4, 0.5) is 4.39 Å². The van der Waals surface area contributed by atoms with Crippen LogP contribution in [0.2, 0.25) is 0 Å². The Balaban J connectivity index is 2.75. The van der Waals surface area contributed by atoms with Gasteiger partial charge in [-0.25, -0.2) is 9.37 Å². The maximum atomic E-state index is 14.3. The van der Waals surface area contributed by atoms with Crippen LogP contribution in [0.25, 0.3) is 10.3 Å². The molecule has 0 fully saturated rings. The topological polar surface area (TPSA) is 17.8 Å². The van der Waals surface area contributed by atoms with Gasteiger partial charge in [0, 0.05) is 16.8 Å². The van der Waals surface area contributed by atoms with Crippen LogP contribution in [-0.2, 0) is 0 Å². The second-order valence-corrected chi connectivity index (χ2v) is 6.71. The van der Waals surface area contributed by atoms with Crippen molar-refractivity contribution in [3.05, 3.63) is 16.5 Å². The zero-order valence-corrected chi connectivity index (χ0v) is 12.7. The summed E-state index contributed by atoms with van der Waals surface area (Å²) in [6, 6.07) is 0.311. The van der Waals surface area contributed by atoms with Crippen molar-refractivity contribution in [2.24, 2.45) is 0 Å². The Kier molecular flexibility index (Phi) is 3.49. The van der Waals surface area contributed by atoms with Gasteiger partial charge in [0.1, 0.15) is 16.2 Å². The Hall–Kier alpha value is -0.900. The number of rotatable bonds is 3. The maximum absolute atomic E-state index is 14.3. The molecule has 2 aromatic heterocycles. The van der Waals surface area contributed by atoms with Crippen molar-refractivity contribution < 1.29 is 4.39 Å². The minimum Gasteiger partial charge on any atom is -0.317 e. The third kappa shape index (κ3) is 1.96. The standard InChI is InChI=1S/C14H21FN2S/c1-7(2)12-10(15)11-14(18-12)17(9(5)6)13(16-11)8(3)4/h7-9H,1-6H3. The van der Waals surface area contributed by atoms with Gasteiger partial charge in [0.05, 0.1) is 0 Å². The lowest BCUT2D eigenvalue weighted by atomic mass is 10.2. The molecule has 0 bridgehead atoms. The van der Waals surface area contributed by atoms with E-state index in [4.69, 9.17) is 0 Å². The van der Waals surface area contributed by atoms with Crippen molar-refractivity contribution in [1.29, 1.82) is 0 Å². The fourth-order valence-corrected chi connectivity index (χ4v) is 3.48. The molecule has 2 nitrogen and oxygen atoms in total. The molecule has 2 rings (SSSR count). The van der Waals surface area contributed by atoms with Gasteiger partial charge in [-0.3, -0.25) is 0 Å². The molecule has 0 N–H and O–H groups in total. The molecule has 0 aliphatic heterocycles. The number of hydrogen-bond acceptors (Lipinski definition) is 2. The zero-order chi connectivity index (χ0) is 13.6. The van der Waals surface area contributed by atoms with E-state index in [9.17, 15) is 4.39 Å². The van der Waals surface area contributed by atoms with Crippen LogP contribution >= 0.6 is 11.3 Å². The normalized spacial score (nSPS) is 12.6. The van der Waals surface area contributed by atoms with Crippen LogP contribution in [0.5, 0.6) is 0 Å². The molecule has 0 amide bonds. The Labute approximate surface area is 112 Å². The van der Waals surface area contributed by atoms with Crippen molar-refractivity contribution in [1.82, 2.24) is 9.55 Å². The van der Waals surface area contributed by atoms with Gasteiger partial charge in [-0.15, -0.1) is 11.3 Å². The first-order valence-electron chi connectivity index (χ1n) is 6.54.